The molecule has 0 aliphatic carbocycles. The standard InChI is InChI=1S/C22H23N3O5S2/c26-20(15-18-10-11-21(31-18)32(28,29)25-12-2-1-3-13-25)23-16-6-8-17(9-7-16)24-22(27)19-5-4-14-30-19/h4-11,14H,1-3,12-13,15H2,(H,23,26)(H,24,27). The van der Waals surface area contributed by atoms with Gasteiger partial charge < -0.3 is 15.1 Å². The molecule has 3 heterocycles. The van der Waals surface area contributed by atoms with Gasteiger partial charge in [0.05, 0.1) is 12.7 Å². The molecule has 2 aromatic heterocycles. The molecule has 0 spiro atoms. The van der Waals surface area contributed by atoms with Crippen LogP contribution in [0, 0.1) is 0 Å². The molecule has 1 fully saturated rings. The van der Waals surface area contributed by atoms with E-state index in [2.05, 4.69) is 10.6 Å². The second kappa shape index (κ2) is 9.68. The van der Waals surface area contributed by atoms with E-state index in [-0.39, 0.29) is 28.2 Å². The number of nitrogens with zero attached hydrogens (tertiary/aromatic N) is 1. The van der Waals surface area contributed by atoms with Gasteiger partial charge in [-0.25, -0.2) is 8.42 Å². The van der Waals surface area contributed by atoms with Gasteiger partial charge in [0.15, 0.2) is 5.76 Å². The van der Waals surface area contributed by atoms with Crippen LogP contribution in [0.1, 0.15) is 34.7 Å². The van der Waals surface area contributed by atoms with Gasteiger partial charge in [-0.05, 0) is 61.4 Å². The first-order valence-electron chi connectivity index (χ1n) is 10.3. The number of carbonyl (C=O) groups excluding carboxylic acids is 2. The minimum absolute atomic E-state index is 0.0805. The maximum Gasteiger partial charge on any atom is 0.291 e. The zero-order valence-corrected chi connectivity index (χ0v) is 18.9. The van der Waals surface area contributed by atoms with Crippen molar-refractivity contribution in [3.63, 3.8) is 0 Å². The van der Waals surface area contributed by atoms with Crippen LogP contribution in [0.5, 0.6) is 0 Å². The molecule has 1 aliphatic rings. The number of piperidine rings is 1. The Morgan fingerprint density at radius 2 is 1.62 bits per heavy atom. The number of rotatable bonds is 7. The van der Waals surface area contributed by atoms with Gasteiger partial charge in [0.1, 0.15) is 4.21 Å². The molecule has 0 bridgehead atoms. The van der Waals surface area contributed by atoms with E-state index in [0.717, 1.165) is 30.6 Å². The third-order valence-corrected chi connectivity index (χ3v) is 8.50. The highest BCUT2D eigenvalue weighted by Gasteiger charge is 2.27. The number of hydrogen-bond acceptors (Lipinski definition) is 6. The molecule has 0 atom stereocenters. The molecule has 10 heteroatoms. The SMILES string of the molecule is O=C(Cc1ccc(S(=O)(=O)N2CCCCC2)s1)Nc1ccc(NC(=O)c2ccco2)cc1. The summed E-state index contributed by atoms with van der Waals surface area (Å²) in [7, 11) is -3.49. The lowest BCUT2D eigenvalue weighted by Gasteiger charge is -2.25. The molecule has 2 amide bonds. The van der Waals surface area contributed by atoms with Crippen LogP contribution in [0.3, 0.4) is 0 Å². The summed E-state index contributed by atoms with van der Waals surface area (Å²) in [5.41, 5.74) is 1.14. The Balaban J connectivity index is 1.32. The third kappa shape index (κ3) is 5.26. The summed E-state index contributed by atoms with van der Waals surface area (Å²) in [6.07, 6.45) is 4.32. The lowest BCUT2D eigenvalue weighted by Crippen LogP contribution is -2.35. The van der Waals surface area contributed by atoms with Crippen molar-refractivity contribution in [3.05, 3.63) is 65.4 Å². The second-order valence-electron chi connectivity index (χ2n) is 7.42. The van der Waals surface area contributed by atoms with Crippen molar-refractivity contribution in [2.24, 2.45) is 0 Å². The van der Waals surface area contributed by atoms with E-state index < -0.39 is 10.0 Å². The summed E-state index contributed by atoms with van der Waals surface area (Å²) in [5.74, 6) is -0.402. The van der Waals surface area contributed by atoms with Gasteiger partial charge in [0.25, 0.3) is 15.9 Å². The van der Waals surface area contributed by atoms with Crippen molar-refractivity contribution < 1.29 is 22.4 Å². The van der Waals surface area contributed by atoms with Crippen LogP contribution in [0.2, 0.25) is 0 Å². The van der Waals surface area contributed by atoms with Crippen LogP contribution in [-0.4, -0.2) is 37.6 Å². The number of sulfonamides is 1. The molecular weight excluding hydrogens is 450 g/mol. The van der Waals surface area contributed by atoms with Gasteiger partial charge in [-0.2, -0.15) is 4.31 Å². The lowest BCUT2D eigenvalue weighted by molar-refractivity contribution is -0.115. The molecule has 0 unspecified atom stereocenters. The predicted octanol–water partition coefficient (Wildman–Crippen LogP) is 3.95. The summed E-state index contributed by atoms with van der Waals surface area (Å²) < 4.78 is 32.4. The van der Waals surface area contributed by atoms with Crippen molar-refractivity contribution in [3.8, 4) is 0 Å². The molecule has 3 aromatic rings. The topological polar surface area (TPSA) is 109 Å². The first kappa shape index (κ1) is 22.3. The molecule has 32 heavy (non-hydrogen) atoms. The molecule has 1 aromatic carbocycles. The van der Waals surface area contributed by atoms with Crippen LogP contribution < -0.4 is 10.6 Å². The van der Waals surface area contributed by atoms with E-state index in [1.807, 2.05) is 0 Å². The molecule has 168 valence electrons. The number of amides is 2. The predicted molar refractivity (Wildman–Crippen MR) is 122 cm³/mol. The van der Waals surface area contributed by atoms with Crippen molar-refractivity contribution >= 4 is 44.5 Å². The number of carbonyl (C=O) groups is 2. The quantitative estimate of drug-likeness (QED) is 0.540. The number of benzene rings is 1. The zero-order chi connectivity index (χ0) is 22.6. The Labute approximate surface area is 190 Å². The van der Waals surface area contributed by atoms with E-state index in [9.17, 15) is 18.0 Å². The highest BCUT2D eigenvalue weighted by molar-refractivity contribution is 7.91. The van der Waals surface area contributed by atoms with Gasteiger partial charge in [-0.1, -0.05) is 6.42 Å². The van der Waals surface area contributed by atoms with Crippen LogP contribution in [0.15, 0.2) is 63.4 Å². The first-order valence-corrected chi connectivity index (χ1v) is 12.5. The summed E-state index contributed by atoms with van der Waals surface area (Å²) >= 11 is 1.13. The molecule has 0 saturated carbocycles. The lowest BCUT2D eigenvalue weighted by atomic mass is 10.2. The van der Waals surface area contributed by atoms with Gasteiger partial charge in [-0.3, -0.25) is 9.59 Å². The zero-order valence-electron chi connectivity index (χ0n) is 17.2. The Hall–Kier alpha value is -2.95. The van der Waals surface area contributed by atoms with Gasteiger partial charge in [0, 0.05) is 29.3 Å². The average Bonchev–Trinajstić information content (AvgIpc) is 3.48. The normalized spacial score (nSPS) is 14.8. The maximum absolute atomic E-state index is 12.8. The van der Waals surface area contributed by atoms with E-state index >= 15 is 0 Å². The van der Waals surface area contributed by atoms with Crippen molar-refractivity contribution in [1.29, 1.82) is 0 Å². The molecule has 1 aliphatic heterocycles. The highest BCUT2D eigenvalue weighted by atomic mass is 32.2. The molecule has 2 N–H and O–H groups in total. The van der Waals surface area contributed by atoms with Gasteiger partial charge in [-0.15, -0.1) is 11.3 Å². The molecule has 8 nitrogen and oxygen atoms in total. The maximum atomic E-state index is 12.8. The van der Waals surface area contributed by atoms with E-state index in [1.54, 1.807) is 48.5 Å². The Morgan fingerprint density at radius 3 is 2.28 bits per heavy atom. The number of nitrogens with one attached hydrogen (secondary N) is 2. The smallest absolute Gasteiger partial charge is 0.291 e. The van der Waals surface area contributed by atoms with Crippen LogP contribution >= 0.6 is 11.3 Å². The van der Waals surface area contributed by atoms with Crippen molar-refractivity contribution in [2.75, 3.05) is 23.7 Å². The Morgan fingerprint density at radius 1 is 0.938 bits per heavy atom. The number of thiophene rings is 1. The fraction of sp³-hybridized carbons (Fsp3) is 0.273. The second-order valence-corrected chi connectivity index (χ2v) is 10.8. The van der Waals surface area contributed by atoms with E-state index in [4.69, 9.17) is 4.42 Å². The first-order chi connectivity index (χ1) is 15.4. The monoisotopic (exact) mass is 473 g/mol. The Bertz CT molecular complexity index is 1180. The van der Waals surface area contributed by atoms with Crippen LogP contribution in [0.4, 0.5) is 11.4 Å². The number of hydrogen-bond donors (Lipinski definition) is 2. The third-order valence-electron chi connectivity index (χ3n) is 5.05. The summed E-state index contributed by atoms with van der Waals surface area (Å²) in [6.45, 7) is 1.10. The van der Waals surface area contributed by atoms with Crippen molar-refractivity contribution in [1.82, 2.24) is 4.31 Å². The Kier molecular flexibility index (Phi) is 6.73. The fourth-order valence-electron chi connectivity index (χ4n) is 3.43. The van der Waals surface area contributed by atoms with Crippen molar-refractivity contribution in [2.45, 2.75) is 29.9 Å². The molecule has 1 saturated heterocycles. The summed E-state index contributed by atoms with van der Waals surface area (Å²) in [4.78, 5) is 25.1. The minimum Gasteiger partial charge on any atom is -0.459 e. The van der Waals surface area contributed by atoms with Crippen LogP contribution in [-0.2, 0) is 21.2 Å². The highest BCUT2D eigenvalue weighted by Crippen LogP contribution is 2.27. The molecule has 4 rings (SSSR count). The summed E-state index contributed by atoms with van der Waals surface area (Å²) in [6, 6.07) is 13.2. The average molecular weight is 474 g/mol. The number of furan rings is 1. The number of anilines is 2. The van der Waals surface area contributed by atoms with E-state index in [0.29, 0.717) is 29.3 Å². The minimum atomic E-state index is -3.49. The fourth-order valence-corrected chi connectivity index (χ4v) is 6.45. The van der Waals surface area contributed by atoms with Gasteiger partial charge in [0.2, 0.25) is 5.91 Å². The van der Waals surface area contributed by atoms with Gasteiger partial charge >= 0.3 is 0 Å². The summed E-state index contributed by atoms with van der Waals surface area (Å²) in [5, 5.41) is 5.49. The van der Waals surface area contributed by atoms with E-state index in [1.165, 1.54) is 10.6 Å². The largest absolute Gasteiger partial charge is 0.459 e. The molecule has 0 radical (unpaired) electrons. The molecular formula is C22H23N3O5S2. The van der Waals surface area contributed by atoms with Crippen LogP contribution in [0.25, 0.3) is 0 Å².